The van der Waals surface area contributed by atoms with Crippen LogP contribution in [0.3, 0.4) is 0 Å². The molecule has 1 amide bonds. The third kappa shape index (κ3) is 4.90. The number of Topliss-reactive ketones (excluding diaryl/α,β-unsaturated/α-hetero) is 1. The summed E-state index contributed by atoms with van der Waals surface area (Å²) in [7, 11) is 0. The average Bonchev–Trinajstić information content (AvgIpc) is 2.52. The molecule has 0 radical (unpaired) electrons. The molecule has 5 heteroatoms. The Morgan fingerprint density at radius 2 is 1.82 bits per heavy atom. The molecule has 2 aromatic carbocycles. The Labute approximate surface area is 134 Å². The third-order valence-electron chi connectivity index (χ3n) is 3.13. The SMILES string of the molecule is CC(=O)c1cccc(NCC(=O)NCc2ccc(Cl)cc2)c1. The van der Waals surface area contributed by atoms with E-state index in [9.17, 15) is 9.59 Å². The van der Waals surface area contributed by atoms with Crippen LogP contribution in [0, 0.1) is 0 Å². The summed E-state index contributed by atoms with van der Waals surface area (Å²) in [5.74, 6) is -0.126. The van der Waals surface area contributed by atoms with Gasteiger partial charge in [-0.2, -0.15) is 0 Å². The van der Waals surface area contributed by atoms with Crippen molar-refractivity contribution < 1.29 is 9.59 Å². The van der Waals surface area contributed by atoms with Gasteiger partial charge in [-0.1, -0.05) is 35.9 Å². The van der Waals surface area contributed by atoms with Gasteiger partial charge in [0.15, 0.2) is 5.78 Å². The molecule has 0 fully saturated rings. The third-order valence-corrected chi connectivity index (χ3v) is 3.38. The molecule has 0 bridgehead atoms. The molecule has 22 heavy (non-hydrogen) atoms. The predicted octanol–water partition coefficient (Wildman–Crippen LogP) is 3.27. The van der Waals surface area contributed by atoms with Crippen LogP contribution in [0.25, 0.3) is 0 Å². The zero-order valence-corrected chi connectivity index (χ0v) is 13.0. The highest BCUT2D eigenvalue weighted by atomic mass is 35.5. The first-order chi connectivity index (χ1) is 10.5. The summed E-state index contributed by atoms with van der Waals surface area (Å²) in [5.41, 5.74) is 2.34. The van der Waals surface area contributed by atoms with Crippen molar-refractivity contribution >= 4 is 29.0 Å². The Bertz CT molecular complexity index is 669. The highest BCUT2D eigenvalue weighted by molar-refractivity contribution is 6.30. The standard InChI is InChI=1S/C17H17ClN2O2/c1-12(21)14-3-2-4-16(9-14)19-11-17(22)20-10-13-5-7-15(18)8-6-13/h2-9,19H,10-11H2,1H3,(H,20,22). The second kappa shape index (κ2) is 7.61. The molecular formula is C17H17ClN2O2. The molecule has 0 aliphatic rings. The summed E-state index contributed by atoms with van der Waals surface area (Å²) in [5, 5.41) is 6.48. The smallest absolute Gasteiger partial charge is 0.239 e. The van der Waals surface area contributed by atoms with E-state index in [4.69, 9.17) is 11.6 Å². The van der Waals surface area contributed by atoms with Crippen molar-refractivity contribution in [3.63, 3.8) is 0 Å². The van der Waals surface area contributed by atoms with Crippen LogP contribution in [0.2, 0.25) is 5.02 Å². The lowest BCUT2D eigenvalue weighted by atomic mass is 10.1. The van der Waals surface area contributed by atoms with Crippen LogP contribution in [0.15, 0.2) is 48.5 Å². The summed E-state index contributed by atoms with van der Waals surface area (Å²) >= 11 is 5.81. The van der Waals surface area contributed by atoms with Crippen molar-refractivity contribution in [2.75, 3.05) is 11.9 Å². The van der Waals surface area contributed by atoms with Gasteiger partial charge in [0.25, 0.3) is 0 Å². The molecule has 0 saturated heterocycles. The number of rotatable bonds is 6. The van der Waals surface area contributed by atoms with Gasteiger partial charge in [-0.05, 0) is 36.8 Å². The Morgan fingerprint density at radius 3 is 2.50 bits per heavy atom. The van der Waals surface area contributed by atoms with Crippen LogP contribution < -0.4 is 10.6 Å². The number of benzene rings is 2. The minimum atomic E-state index is -0.122. The number of carbonyl (C=O) groups excluding carboxylic acids is 2. The molecule has 0 aliphatic heterocycles. The van der Waals surface area contributed by atoms with Gasteiger partial charge >= 0.3 is 0 Å². The van der Waals surface area contributed by atoms with E-state index in [1.54, 1.807) is 30.3 Å². The molecule has 0 heterocycles. The van der Waals surface area contributed by atoms with Crippen LogP contribution in [-0.2, 0) is 11.3 Å². The van der Waals surface area contributed by atoms with Gasteiger partial charge in [0, 0.05) is 22.8 Å². The van der Waals surface area contributed by atoms with E-state index in [0.717, 1.165) is 11.3 Å². The fourth-order valence-corrected chi connectivity index (χ4v) is 2.02. The van der Waals surface area contributed by atoms with E-state index >= 15 is 0 Å². The van der Waals surface area contributed by atoms with Gasteiger partial charge in [0.05, 0.1) is 6.54 Å². The van der Waals surface area contributed by atoms with E-state index in [1.807, 2.05) is 18.2 Å². The molecule has 0 aliphatic carbocycles. The van der Waals surface area contributed by atoms with Gasteiger partial charge < -0.3 is 10.6 Å². The maximum Gasteiger partial charge on any atom is 0.239 e. The van der Waals surface area contributed by atoms with Crippen molar-refractivity contribution in [3.8, 4) is 0 Å². The monoisotopic (exact) mass is 316 g/mol. The molecule has 0 saturated carbocycles. The fraction of sp³-hybridized carbons (Fsp3) is 0.176. The maximum atomic E-state index is 11.8. The van der Waals surface area contributed by atoms with Gasteiger partial charge in [0.1, 0.15) is 0 Å². The molecule has 2 rings (SSSR count). The van der Waals surface area contributed by atoms with Crippen LogP contribution in [-0.4, -0.2) is 18.2 Å². The molecule has 114 valence electrons. The first-order valence-electron chi connectivity index (χ1n) is 6.90. The number of hydrogen-bond donors (Lipinski definition) is 2. The lowest BCUT2D eigenvalue weighted by molar-refractivity contribution is -0.119. The number of amides is 1. The van der Waals surface area contributed by atoms with Gasteiger partial charge in [-0.15, -0.1) is 0 Å². The molecule has 0 spiro atoms. The van der Waals surface area contributed by atoms with E-state index in [2.05, 4.69) is 10.6 Å². The topological polar surface area (TPSA) is 58.2 Å². The van der Waals surface area contributed by atoms with Crippen LogP contribution in [0.5, 0.6) is 0 Å². The van der Waals surface area contributed by atoms with Crippen molar-refractivity contribution in [1.29, 1.82) is 0 Å². The molecule has 0 aromatic heterocycles. The normalized spacial score (nSPS) is 10.1. The zero-order valence-electron chi connectivity index (χ0n) is 12.2. The minimum Gasteiger partial charge on any atom is -0.376 e. The number of hydrogen-bond acceptors (Lipinski definition) is 3. The number of halogens is 1. The quantitative estimate of drug-likeness (QED) is 0.804. The van der Waals surface area contributed by atoms with Gasteiger partial charge in [-0.25, -0.2) is 0 Å². The number of ketones is 1. The molecule has 2 N–H and O–H groups in total. The van der Waals surface area contributed by atoms with Gasteiger partial charge in [0.2, 0.25) is 5.91 Å². The Morgan fingerprint density at radius 1 is 1.09 bits per heavy atom. The van der Waals surface area contributed by atoms with Crippen molar-refractivity contribution in [2.45, 2.75) is 13.5 Å². The van der Waals surface area contributed by atoms with E-state index in [1.165, 1.54) is 6.92 Å². The first kappa shape index (κ1) is 16.0. The lowest BCUT2D eigenvalue weighted by Gasteiger charge is -2.09. The summed E-state index contributed by atoms with van der Waals surface area (Å²) in [4.78, 5) is 23.1. The molecular weight excluding hydrogens is 300 g/mol. The summed E-state index contributed by atoms with van der Waals surface area (Å²) in [6, 6.07) is 14.4. The second-order valence-electron chi connectivity index (χ2n) is 4.89. The fourth-order valence-electron chi connectivity index (χ4n) is 1.90. The number of carbonyl (C=O) groups is 2. The van der Waals surface area contributed by atoms with E-state index in [-0.39, 0.29) is 18.2 Å². The molecule has 2 aromatic rings. The van der Waals surface area contributed by atoms with Crippen molar-refractivity contribution in [1.82, 2.24) is 5.32 Å². The second-order valence-corrected chi connectivity index (χ2v) is 5.33. The van der Waals surface area contributed by atoms with E-state index in [0.29, 0.717) is 17.1 Å². The summed E-state index contributed by atoms with van der Waals surface area (Å²) in [6.45, 7) is 2.11. The van der Waals surface area contributed by atoms with Crippen molar-refractivity contribution in [3.05, 3.63) is 64.7 Å². The van der Waals surface area contributed by atoms with Crippen LogP contribution in [0.1, 0.15) is 22.8 Å². The zero-order chi connectivity index (χ0) is 15.9. The molecule has 0 atom stereocenters. The highest BCUT2D eigenvalue weighted by Gasteiger charge is 2.03. The van der Waals surface area contributed by atoms with E-state index < -0.39 is 0 Å². The molecule has 0 unspecified atom stereocenters. The predicted molar refractivity (Wildman–Crippen MR) is 88.2 cm³/mol. The van der Waals surface area contributed by atoms with Crippen LogP contribution >= 0.6 is 11.6 Å². The Balaban J connectivity index is 1.81. The largest absolute Gasteiger partial charge is 0.376 e. The average molecular weight is 317 g/mol. The summed E-state index contributed by atoms with van der Waals surface area (Å²) in [6.07, 6.45) is 0. The lowest BCUT2D eigenvalue weighted by Crippen LogP contribution is -2.29. The van der Waals surface area contributed by atoms with Crippen LogP contribution in [0.4, 0.5) is 5.69 Å². The van der Waals surface area contributed by atoms with Crippen molar-refractivity contribution in [2.24, 2.45) is 0 Å². The Kier molecular flexibility index (Phi) is 5.55. The minimum absolute atomic E-state index is 0.00385. The summed E-state index contributed by atoms with van der Waals surface area (Å²) < 4.78 is 0. The maximum absolute atomic E-state index is 11.8. The van der Waals surface area contributed by atoms with Gasteiger partial charge in [-0.3, -0.25) is 9.59 Å². The number of anilines is 1. The number of nitrogens with one attached hydrogen (secondary N) is 2. The first-order valence-corrected chi connectivity index (χ1v) is 7.28. The highest BCUT2D eigenvalue weighted by Crippen LogP contribution is 2.11. The molecule has 4 nitrogen and oxygen atoms in total. The Hall–Kier alpha value is -2.33.